The summed E-state index contributed by atoms with van der Waals surface area (Å²) in [5, 5.41) is 3.20. The smallest absolute Gasteiger partial charge is 0.337 e. The average molecular weight is 576 g/mol. The van der Waals surface area contributed by atoms with E-state index in [0.717, 1.165) is 38.9 Å². The molecule has 1 N–H and O–H groups in total. The van der Waals surface area contributed by atoms with Crippen LogP contribution in [0.3, 0.4) is 0 Å². The van der Waals surface area contributed by atoms with E-state index in [9.17, 15) is 14.4 Å². The van der Waals surface area contributed by atoms with E-state index in [-0.39, 0.29) is 23.8 Å². The quantitative estimate of drug-likeness (QED) is 0.366. The zero-order chi connectivity index (χ0) is 29.5. The molecule has 0 radical (unpaired) electrons. The van der Waals surface area contributed by atoms with Gasteiger partial charge in [0.15, 0.2) is 0 Å². The zero-order valence-corrected chi connectivity index (χ0v) is 25.1. The molecular weight excluding hydrogens is 530 g/mol. The maximum Gasteiger partial charge on any atom is 0.337 e. The number of carbonyl (C=O) groups excluding carboxylic acids is 3. The van der Waals surface area contributed by atoms with Crippen LogP contribution in [0.2, 0.25) is 0 Å². The highest BCUT2D eigenvalue weighted by Gasteiger charge is 2.53. The lowest BCUT2D eigenvalue weighted by atomic mass is 9.79. The summed E-state index contributed by atoms with van der Waals surface area (Å²) in [5.74, 6) is 1.72. The van der Waals surface area contributed by atoms with Crippen molar-refractivity contribution < 1.29 is 23.9 Å². The first-order valence-corrected chi connectivity index (χ1v) is 15.7. The Bertz CT molecular complexity index is 1210. The Hall–Kier alpha value is -3.39. The van der Waals surface area contributed by atoms with Gasteiger partial charge in [0, 0.05) is 26.2 Å². The van der Waals surface area contributed by atoms with Crippen LogP contribution in [-0.2, 0) is 20.9 Å². The topological polar surface area (TPSA) is 88.2 Å². The van der Waals surface area contributed by atoms with Crippen molar-refractivity contribution in [2.24, 2.45) is 5.92 Å². The van der Waals surface area contributed by atoms with E-state index in [2.05, 4.69) is 29.3 Å². The molecule has 0 bridgehead atoms. The van der Waals surface area contributed by atoms with Crippen molar-refractivity contribution in [3.05, 3.63) is 59.7 Å². The van der Waals surface area contributed by atoms with E-state index < -0.39 is 5.54 Å². The third kappa shape index (κ3) is 6.80. The van der Waals surface area contributed by atoms with Gasteiger partial charge in [-0.1, -0.05) is 57.6 Å². The fourth-order valence-electron chi connectivity index (χ4n) is 6.84. The number of likely N-dealkylation sites (tertiary alicyclic amines) is 1. The molecule has 2 aromatic rings. The first kappa shape index (κ1) is 30.1. The first-order chi connectivity index (χ1) is 20.4. The average Bonchev–Trinajstić information content (AvgIpc) is 3.02. The van der Waals surface area contributed by atoms with E-state index in [1.54, 1.807) is 24.3 Å². The Balaban J connectivity index is 1.17. The molecule has 0 unspecified atom stereocenters. The van der Waals surface area contributed by atoms with Crippen LogP contribution < -0.4 is 10.1 Å². The van der Waals surface area contributed by atoms with Gasteiger partial charge < -0.3 is 19.7 Å². The van der Waals surface area contributed by atoms with Gasteiger partial charge >= 0.3 is 5.97 Å². The van der Waals surface area contributed by atoms with Crippen molar-refractivity contribution in [2.45, 2.75) is 89.3 Å². The minimum atomic E-state index is -0.729. The first-order valence-electron chi connectivity index (χ1n) is 15.7. The van der Waals surface area contributed by atoms with Crippen LogP contribution >= 0.6 is 0 Å². The van der Waals surface area contributed by atoms with E-state index in [0.29, 0.717) is 42.4 Å². The lowest BCUT2D eigenvalue weighted by Gasteiger charge is -2.52. The number of methoxy groups -OCH3 is 1. The number of unbranched alkanes of at least 4 members (excludes halogenated alkanes) is 1. The van der Waals surface area contributed by atoms with Crippen molar-refractivity contribution in [2.75, 3.05) is 26.7 Å². The lowest BCUT2D eigenvalue weighted by Crippen LogP contribution is -2.73. The predicted molar refractivity (Wildman–Crippen MR) is 161 cm³/mol. The number of amides is 2. The Morgan fingerprint density at radius 1 is 0.952 bits per heavy atom. The molecule has 1 aliphatic carbocycles. The van der Waals surface area contributed by atoms with Crippen LogP contribution in [0.15, 0.2) is 48.5 Å². The molecule has 2 heterocycles. The Morgan fingerprint density at radius 3 is 2.21 bits per heavy atom. The molecule has 2 aliphatic heterocycles. The second-order valence-corrected chi connectivity index (χ2v) is 12.2. The Morgan fingerprint density at radius 2 is 1.60 bits per heavy atom. The lowest BCUT2D eigenvalue weighted by molar-refractivity contribution is -0.162. The van der Waals surface area contributed by atoms with Gasteiger partial charge in [-0.25, -0.2) is 4.79 Å². The minimum Gasteiger partial charge on any atom is -0.465 e. The zero-order valence-electron chi connectivity index (χ0n) is 25.1. The molecule has 1 spiro atoms. The van der Waals surface area contributed by atoms with Crippen LogP contribution in [0.25, 0.3) is 0 Å². The molecule has 42 heavy (non-hydrogen) atoms. The second-order valence-electron chi connectivity index (χ2n) is 12.2. The number of piperazine rings is 1. The summed E-state index contributed by atoms with van der Waals surface area (Å²) in [7, 11) is 1.36. The van der Waals surface area contributed by atoms with Gasteiger partial charge in [-0.05, 0) is 73.6 Å². The van der Waals surface area contributed by atoms with Gasteiger partial charge in [0.1, 0.15) is 23.1 Å². The molecule has 2 aromatic carbocycles. The molecular formula is C34H45N3O5. The third-order valence-corrected chi connectivity index (χ3v) is 9.36. The van der Waals surface area contributed by atoms with Gasteiger partial charge in [0.05, 0.1) is 12.7 Å². The molecule has 5 rings (SSSR count). The van der Waals surface area contributed by atoms with Gasteiger partial charge in [-0.15, -0.1) is 0 Å². The summed E-state index contributed by atoms with van der Waals surface area (Å²) < 4.78 is 10.7. The fourth-order valence-corrected chi connectivity index (χ4v) is 6.84. The highest BCUT2D eigenvalue weighted by Crippen LogP contribution is 2.36. The van der Waals surface area contributed by atoms with E-state index in [1.807, 2.05) is 17.0 Å². The Kier molecular flexibility index (Phi) is 9.83. The van der Waals surface area contributed by atoms with Crippen molar-refractivity contribution in [3.63, 3.8) is 0 Å². The molecule has 2 amide bonds. The number of carbonyl (C=O) groups is 3. The maximum atomic E-state index is 13.8. The minimum absolute atomic E-state index is 0.0554. The van der Waals surface area contributed by atoms with Crippen molar-refractivity contribution in [3.8, 4) is 11.5 Å². The molecule has 226 valence electrons. The summed E-state index contributed by atoms with van der Waals surface area (Å²) in [6, 6.07) is 14.5. The summed E-state index contributed by atoms with van der Waals surface area (Å²) in [4.78, 5) is 43.5. The Labute approximate surface area is 249 Å². The summed E-state index contributed by atoms with van der Waals surface area (Å²) in [6.45, 7) is 5.11. The number of hydrogen-bond acceptors (Lipinski definition) is 6. The number of hydrogen-bond donors (Lipinski definition) is 1. The number of esters is 1. The van der Waals surface area contributed by atoms with Crippen LogP contribution in [0.1, 0.15) is 87.1 Å². The highest BCUT2D eigenvalue weighted by atomic mass is 16.5. The predicted octanol–water partition coefficient (Wildman–Crippen LogP) is 5.70. The van der Waals surface area contributed by atoms with Crippen LogP contribution in [-0.4, -0.2) is 65.9 Å². The summed E-state index contributed by atoms with van der Waals surface area (Å²) >= 11 is 0. The van der Waals surface area contributed by atoms with Gasteiger partial charge in [0.25, 0.3) is 0 Å². The molecule has 3 fully saturated rings. The number of rotatable bonds is 10. The van der Waals surface area contributed by atoms with Crippen molar-refractivity contribution >= 4 is 17.8 Å². The van der Waals surface area contributed by atoms with E-state index in [4.69, 9.17) is 9.47 Å². The molecule has 1 saturated carbocycles. The molecule has 8 nitrogen and oxygen atoms in total. The summed E-state index contributed by atoms with van der Waals surface area (Å²) in [6.07, 6.45) is 10.1. The number of ether oxygens (including phenoxy) is 2. The third-order valence-electron chi connectivity index (χ3n) is 9.36. The molecule has 1 atom stereocenters. The van der Waals surface area contributed by atoms with Crippen LogP contribution in [0.5, 0.6) is 11.5 Å². The van der Waals surface area contributed by atoms with Crippen molar-refractivity contribution in [1.82, 2.24) is 15.1 Å². The standard InChI is InChI=1S/C34H45N3O5/c1-3-4-20-37-31(38)30(23-25-8-6-5-7-9-25)35-33(40)34(37)18-21-36(22-19-34)24-26-10-14-28(15-11-26)42-29-16-12-27(13-17-29)32(39)41-2/h10-17,25,30H,3-9,18-24H2,1-2H3,(H,35,40)/t30-/m0/s1. The van der Waals surface area contributed by atoms with E-state index in [1.165, 1.54) is 44.8 Å². The van der Waals surface area contributed by atoms with Crippen LogP contribution in [0.4, 0.5) is 0 Å². The van der Waals surface area contributed by atoms with Gasteiger partial charge in [-0.2, -0.15) is 0 Å². The molecule has 8 heteroatoms. The maximum absolute atomic E-state index is 13.8. The molecule has 0 aromatic heterocycles. The molecule has 3 aliphatic rings. The SMILES string of the molecule is CCCCN1C(=O)[C@H](CC2CCCCC2)NC(=O)C12CCN(Cc1ccc(Oc3ccc(C(=O)OC)cc3)cc1)CC2. The molecule has 2 saturated heterocycles. The normalized spacial score (nSPS) is 21.3. The number of piperidine rings is 1. The fraction of sp³-hybridized carbons (Fsp3) is 0.559. The van der Waals surface area contributed by atoms with Gasteiger partial charge in [-0.3, -0.25) is 14.5 Å². The van der Waals surface area contributed by atoms with Crippen molar-refractivity contribution in [1.29, 1.82) is 0 Å². The number of benzene rings is 2. The summed E-state index contributed by atoms with van der Waals surface area (Å²) in [5.41, 5.74) is 0.914. The number of nitrogens with one attached hydrogen (secondary N) is 1. The van der Waals surface area contributed by atoms with Crippen LogP contribution in [0, 0.1) is 5.92 Å². The largest absolute Gasteiger partial charge is 0.465 e. The van der Waals surface area contributed by atoms with E-state index >= 15 is 0 Å². The highest BCUT2D eigenvalue weighted by molar-refractivity contribution is 6.00. The monoisotopic (exact) mass is 575 g/mol. The number of nitrogens with zero attached hydrogens (tertiary/aromatic N) is 2. The second kappa shape index (κ2) is 13.7. The van der Waals surface area contributed by atoms with Gasteiger partial charge in [0.2, 0.25) is 11.8 Å².